The number of nitrogens with zero attached hydrogens (tertiary/aromatic N) is 1. The van der Waals surface area contributed by atoms with Crippen molar-refractivity contribution in [3.05, 3.63) is 36.5 Å². The molecule has 0 aromatic heterocycles. The smallest absolute Gasteiger partial charge is 0.306 e. The fourth-order valence-electron chi connectivity index (χ4n) is 9.32. The number of quaternary nitrogens is 1. The maximum atomic E-state index is 12.7. The Morgan fingerprint density at radius 3 is 1.15 bits per heavy atom. The molecule has 0 spiro atoms. The van der Waals surface area contributed by atoms with Crippen LogP contribution >= 0.6 is 7.82 Å². The van der Waals surface area contributed by atoms with Crippen molar-refractivity contribution in [3.63, 3.8) is 0 Å². The van der Waals surface area contributed by atoms with E-state index >= 15 is 0 Å². The van der Waals surface area contributed by atoms with Crippen LogP contribution in [0.2, 0.25) is 0 Å². The molecule has 0 heterocycles. The van der Waals surface area contributed by atoms with Crippen molar-refractivity contribution < 1.29 is 42.1 Å². The fourth-order valence-corrected chi connectivity index (χ4v) is 10.1. The number of esters is 2. The topological polar surface area (TPSA) is 111 Å². The molecular weight excluding hydrogens is 942 g/mol. The summed E-state index contributed by atoms with van der Waals surface area (Å²) >= 11 is 0. The molecule has 2 atom stereocenters. The average Bonchev–Trinajstić information content (AvgIpc) is 3.36. The molecule has 0 aliphatic heterocycles. The molecule has 0 aromatic rings. The normalized spacial score (nSPS) is 13.4. The Bertz CT molecular complexity index is 1340. The summed E-state index contributed by atoms with van der Waals surface area (Å²) in [6, 6.07) is 0. The molecule has 10 heteroatoms. The molecule has 0 rings (SSSR count). The van der Waals surface area contributed by atoms with Gasteiger partial charge in [-0.2, -0.15) is 0 Å². The van der Waals surface area contributed by atoms with Gasteiger partial charge in [-0.1, -0.05) is 288 Å². The molecule has 0 saturated heterocycles. The van der Waals surface area contributed by atoms with E-state index in [4.69, 9.17) is 18.5 Å². The third-order valence-corrected chi connectivity index (χ3v) is 15.1. The molecule has 2 unspecified atom stereocenters. The molecule has 74 heavy (non-hydrogen) atoms. The van der Waals surface area contributed by atoms with E-state index in [-0.39, 0.29) is 32.0 Å². The zero-order valence-electron chi connectivity index (χ0n) is 49.6. The van der Waals surface area contributed by atoms with E-state index in [1.54, 1.807) is 0 Å². The Hall–Kier alpha value is -1.77. The van der Waals surface area contributed by atoms with E-state index in [2.05, 4.69) is 50.3 Å². The first-order chi connectivity index (χ1) is 36.0. The summed E-state index contributed by atoms with van der Waals surface area (Å²) in [7, 11) is 1.15. The van der Waals surface area contributed by atoms with Crippen molar-refractivity contribution in [2.75, 3.05) is 47.5 Å². The molecule has 0 aliphatic carbocycles. The lowest BCUT2D eigenvalue weighted by Gasteiger charge is -2.28. The first-order valence-electron chi connectivity index (χ1n) is 31.7. The van der Waals surface area contributed by atoms with Crippen LogP contribution in [0.25, 0.3) is 0 Å². The maximum absolute atomic E-state index is 12.7. The lowest BCUT2D eigenvalue weighted by molar-refractivity contribution is -0.870. The van der Waals surface area contributed by atoms with Crippen molar-refractivity contribution >= 4 is 19.8 Å². The van der Waals surface area contributed by atoms with E-state index in [1.165, 1.54) is 218 Å². The second-order valence-electron chi connectivity index (χ2n) is 22.8. The number of hydrogen-bond acceptors (Lipinski definition) is 8. The molecule has 0 fully saturated rings. The molecule has 0 saturated carbocycles. The minimum atomic E-state index is -4.64. The molecular formula is C64H122NO8P. The van der Waals surface area contributed by atoms with E-state index in [0.717, 1.165) is 57.8 Å². The standard InChI is InChI=1S/C64H122NO8P/c1-6-8-10-12-14-16-18-20-21-22-23-24-25-26-27-28-29-30-31-32-33-34-35-36-37-38-39-40-41-42-43-45-46-48-50-52-54-56-63(66)70-60-62(61-72-74(68,69)71-59-58-65(3,4)5)73-64(67)57-55-53-51-49-47-44-19-17-15-13-11-9-7-2/h9,11,15,17,44,47,62H,6-8,10,12-14,16,18-43,45-46,48-61H2,1-5H3/b11-9-,17-15-,47-44-. The number of phosphoric acid groups is 1. The van der Waals surface area contributed by atoms with Gasteiger partial charge in [0.2, 0.25) is 0 Å². The number of allylic oxidation sites excluding steroid dienone is 6. The molecule has 0 bridgehead atoms. The SMILES string of the molecule is CC/C=C\C/C=C\C/C=C\CCCCCC(=O)OC(COC(=O)CCCCCCCCCCCCCCCCCCCCCCCCCCCCCCCCCCCCCCC)COP(=O)([O-])OCC[N+](C)(C)C. The number of ether oxygens (including phenoxy) is 2. The molecule has 0 amide bonds. The number of phosphoric ester groups is 1. The lowest BCUT2D eigenvalue weighted by Crippen LogP contribution is -2.37. The Balaban J connectivity index is 3.86. The van der Waals surface area contributed by atoms with Gasteiger partial charge in [-0.3, -0.25) is 14.2 Å². The van der Waals surface area contributed by atoms with Gasteiger partial charge in [0.05, 0.1) is 27.7 Å². The van der Waals surface area contributed by atoms with Crippen LogP contribution in [0.1, 0.15) is 309 Å². The van der Waals surface area contributed by atoms with Crippen molar-refractivity contribution in [1.82, 2.24) is 0 Å². The van der Waals surface area contributed by atoms with Crippen LogP contribution in [0.4, 0.5) is 0 Å². The number of unbranched alkanes of at least 4 members (excludes halogenated alkanes) is 39. The summed E-state index contributed by atoms with van der Waals surface area (Å²) in [5.41, 5.74) is 0. The summed E-state index contributed by atoms with van der Waals surface area (Å²) in [6.45, 7) is 4.12. The molecule has 0 aromatic carbocycles. The predicted octanol–water partition coefficient (Wildman–Crippen LogP) is 19.3. The minimum absolute atomic E-state index is 0.0357. The Labute approximate surface area is 459 Å². The van der Waals surface area contributed by atoms with Crippen LogP contribution < -0.4 is 4.89 Å². The number of likely N-dealkylation sites (N-methyl/N-ethyl adjacent to an activating group) is 1. The zero-order chi connectivity index (χ0) is 54.2. The second kappa shape index (κ2) is 56.0. The highest BCUT2D eigenvalue weighted by Gasteiger charge is 2.22. The van der Waals surface area contributed by atoms with E-state index in [9.17, 15) is 19.0 Å². The second-order valence-corrected chi connectivity index (χ2v) is 24.2. The number of carbonyl (C=O) groups excluding carboxylic acids is 2. The largest absolute Gasteiger partial charge is 0.756 e. The molecule has 0 radical (unpaired) electrons. The maximum Gasteiger partial charge on any atom is 0.306 e. The van der Waals surface area contributed by atoms with Crippen LogP contribution in [0.15, 0.2) is 36.5 Å². The summed E-state index contributed by atoms with van der Waals surface area (Å²) in [4.78, 5) is 37.8. The summed E-state index contributed by atoms with van der Waals surface area (Å²) in [6.07, 6.45) is 69.7. The molecule has 436 valence electrons. The van der Waals surface area contributed by atoms with Crippen LogP contribution in [0, 0.1) is 0 Å². The van der Waals surface area contributed by atoms with Gasteiger partial charge >= 0.3 is 11.9 Å². The summed E-state index contributed by atoms with van der Waals surface area (Å²) < 4.78 is 34.1. The molecule has 0 aliphatic rings. The third-order valence-electron chi connectivity index (χ3n) is 14.2. The highest BCUT2D eigenvalue weighted by molar-refractivity contribution is 7.45. The first-order valence-corrected chi connectivity index (χ1v) is 33.2. The van der Waals surface area contributed by atoms with Gasteiger partial charge in [-0.25, -0.2) is 0 Å². The van der Waals surface area contributed by atoms with Gasteiger partial charge in [0.25, 0.3) is 7.82 Å². The number of hydrogen-bond donors (Lipinski definition) is 0. The predicted molar refractivity (Wildman–Crippen MR) is 314 cm³/mol. The minimum Gasteiger partial charge on any atom is -0.756 e. The number of carbonyl (C=O) groups is 2. The van der Waals surface area contributed by atoms with Crippen molar-refractivity contribution in [1.29, 1.82) is 0 Å². The van der Waals surface area contributed by atoms with Gasteiger partial charge in [0.1, 0.15) is 19.8 Å². The monoisotopic (exact) mass is 1060 g/mol. The Morgan fingerprint density at radius 2 is 0.770 bits per heavy atom. The van der Waals surface area contributed by atoms with Crippen LogP contribution in [-0.2, 0) is 32.7 Å². The van der Waals surface area contributed by atoms with Gasteiger partial charge in [0.15, 0.2) is 6.10 Å². The highest BCUT2D eigenvalue weighted by atomic mass is 31.2. The molecule has 0 N–H and O–H groups in total. The van der Waals surface area contributed by atoms with Crippen molar-refractivity contribution in [3.8, 4) is 0 Å². The van der Waals surface area contributed by atoms with Gasteiger partial charge < -0.3 is 27.9 Å². The van der Waals surface area contributed by atoms with E-state index < -0.39 is 26.5 Å². The van der Waals surface area contributed by atoms with Crippen LogP contribution in [0.5, 0.6) is 0 Å². The lowest BCUT2D eigenvalue weighted by atomic mass is 10.0. The zero-order valence-corrected chi connectivity index (χ0v) is 50.5. The van der Waals surface area contributed by atoms with Crippen LogP contribution in [0.3, 0.4) is 0 Å². The summed E-state index contributed by atoms with van der Waals surface area (Å²) in [5, 5.41) is 0. The van der Waals surface area contributed by atoms with Gasteiger partial charge in [-0.05, 0) is 44.9 Å². The first kappa shape index (κ1) is 72.2. The number of rotatable bonds is 59. The molecule has 9 nitrogen and oxygen atoms in total. The fraction of sp³-hybridized carbons (Fsp3) is 0.875. The van der Waals surface area contributed by atoms with Crippen molar-refractivity contribution in [2.24, 2.45) is 0 Å². The van der Waals surface area contributed by atoms with Gasteiger partial charge in [0, 0.05) is 12.8 Å². The van der Waals surface area contributed by atoms with Crippen molar-refractivity contribution in [2.45, 2.75) is 315 Å². The van der Waals surface area contributed by atoms with E-state index in [1.807, 2.05) is 21.1 Å². The van der Waals surface area contributed by atoms with Gasteiger partial charge in [-0.15, -0.1) is 0 Å². The quantitative estimate of drug-likeness (QED) is 0.0195. The highest BCUT2D eigenvalue weighted by Crippen LogP contribution is 2.38. The average molecular weight is 1060 g/mol. The van der Waals surface area contributed by atoms with Crippen LogP contribution in [-0.4, -0.2) is 70.0 Å². The Kier molecular flexibility index (Phi) is 54.6. The third kappa shape index (κ3) is 59.5. The van der Waals surface area contributed by atoms with E-state index in [0.29, 0.717) is 17.4 Å². The Morgan fingerprint density at radius 1 is 0.432 bits per heavy atom. The summed E-state index contributed by atoms with van der Waals surface area (Å²) in [5.74, 6) is -0.857.